The van der Waals surface area contributed by atoms with E-state index in [2.05, 4.69) is 21.4 Å². The Morgan fingerprint density at radius 3 is 2.89 bits per heavy atom. The van der Waals surface area contributed by atoms with Gasteiger partial charge < -0.3 is 18.9 Å². The summed E-state index contributed by atoms with van der Waals surface area (Å²) < 4.78 is 13.8. The lowest BCUT2D eigenvalue weighted by Gasteiger charge is -2.39. The van der Waals surface area contributed by atoms with Gasteiger partial charge in [-0.05, 0) is 26.3 Å². The van der Waals surface area contributed by atoms with Gasteiger partial charge in [-0.25, -0.2) is 4.98 Å². The van der Waals surface area contributed by atoms with Crippen molar-refractivity contribution in [2.75, 3.05) is 32.8 Å². The zero-order valence-electron chi connectivity index (χ0n) is 11.6. The van der Waals surface area contributed by atoms with Crippen molar-refractivity contribution in [2.45, 2.75) is 32.1 Å². The molecule has 3 rings (SSSR count). The molecule has 0 saturated carbocycles. The number of nitrogens with zero attached hydrogens (tertiary/aromatic N) is 3. The summed E-state index contributed by atoms with van der Waals surface area (Å²) in [6, 6.07) is 0. The molecule has 1 aromatic rings. The highest BCUT2D eigenvalue weighted by atomic mass is 16.7. The molecule has 19 heavy (non-hydrogen) atoms. The lowest BCUT2D eigenvalue weighted by molar-refractivity contribution is -0.192. The molecule has 0 spiro atoms. The van der Waals surface area contributed by atoms with Crippen molar-refractivity contribution in [3.8, 4) is 0 Å². The lowest BCUT2D eigenvalue weighted by Crippen LogP contribution is -2.47. The number of rotatable bonds is 4. The zero-order valence-corrected chi connectivity index (χ0v) is 11.6. The van der Waals surface area contributed by atoms with Crippen LogP contribution in [0.5, 0.6) is 0 Å². The summed E-state index contributed by atoms with van der Waals surface area (Å²) in [5.74, 6) is 0.139. The molecule has 0 N–H and O–H groups in total. The molecule has 106 valence electrons. The number of hydrogen-bond acceptors (Lipinski definition) is 4. The first kappa shape index (κ1) is 13.1. The van der Waals surface area contributed by atoms with Crippen LogP contribution in [0.25, 0.3) is 0 Å². The molecule has 2 aliphatic rings. The van der Waals surface area contributed by atoms with Gasteiger partial charge in [0.25, 0.3) is 0 Å². The van der Waals surface area contributed by atoms with Crippen LogP contribution in [0.3, 0.4) is 0 Å². The maximum atomic E-state index is 5.81. The van der Waals surface area contributed by atoms with Crippen molar-refractivity contribution in [3.63, 3.8) is 0 Å². The van der Waals surface area contributed by atoms with Crippen LogP contribution >= 0.6 is 0 Å². The predicted molar refractivity (Wildman–Crippen MR) is 71.7 cm³/mol. The van der Waals surface area contributed by atoms with E-state index in [0.717, 1.165) is 32.8 Å². The Bertz CT molecular complexity index is 387. The normalized spacial score (nSPS) is 27.7. The first-order chi connectivity index (χ1) is 9.26. The first-order valence-corrected chi connectivity index (χ1v) is 7.22. The highest BCUT2D eigenvalue weighted by Gasteiger charge is 2.41. The second-order valence-electron chi connectivity index (χ2n) is 5.65. The van der Waals surface area contributed by atoms with E-state index in [1.807, 2.05) is 18.7 Å². The van der Waals surface area contributed by atoms with Gasteiger partial charge in [0.15, 0.2) is 5.79 Å². The molecule has 1 aromatic heterocycles. The minimum Gasteiger partial charge on any atom is -0.347 e. The summed E-state index contributed by atoms with van der Waals surface area (Å²) in [6.45, 7) is 7.91. The standard InChI is InChI=1S/C14H23N3O2/c1-14(18-9-10-19-14)13-3-2-5-16(11-13)7-8-17-6-4-15-12-17/h4,6,12-13H,2-3,5,7-11H2,1H3. The summed E-state index contributed by atoms with van der Waals surface area (Å²) in [5, 5.41) is 0. The van der Waals surface area contributed by atoms with Crippen LogP contribution in [0, 0.1) is 5.92 Å². The third kappa shape index (κ3) is 2.99. The Balaban J connectivity index is 1.53. The Kier molecular flexibility index (Phi) is 3.86. The summed E-state index contributed by atoms with van der Waals surface area (Å²) in [5.41, 5.74) is 0. The summed E-state index contributed by atoms with van der Waals surface area (Å²) in [4.78, 5) is 6.60. The molecular formula is C14H23N3O2. The van der Waals surface area contributed by atoms with Crippen LogP contribution < -0.4 is 0 Å². The van der Waals surface area contributed by atoms with Crippen molar-refractivity contribution in [1.82, 2.24) is 14.5 Å². The van der Waals surface area contributed by atoms with Gasteiger partial charge in [0.05, 0.1) is 19.5 Å². The fourth-order valence-electron chi connectivity index (χ4n) is 3.13. The molecule has 2 aliphatic heterocycles. The predicted octanol–water partition coefficient (Wildman–Crippen LogP) is 1.36. The Labute approximate surface area is 114 Å². The maximum Gasteiger partial charge on any atom is 0.169 e. The second-order valence-corrected chi connectivity index (χ2v) is 5.65. The lowest BCUT2D eigenvalue weighted by atomic mass is 9.90. The van der Waals surface area contributed by atoms with Crippen LogP contribution in [-0.4, -0.2) is 53.1 Å². The molecule has 0 amide bonds. The smallest absolute Gasteiger partial charge is 0.169 e. The van der Waals surface area contributed by atoms with Crippen molar-refractivity contribution >= 4 is 0 Å². The Hall–Kier alpha value is -0.910. The average molecular weight is 265 g/mol. The fourth-order valence-corrected chi connectivity index (χ4v) is 3.13. The number of likely N-dealkylation sites (tertiary alicyclic amines) is 1. The molecule has 2 saturated heterocycles. The average Bonchev–Trinajstić information content (AvgIpc) is 3.09. The quantitative estimate of drug-likeness (QED) is 0.824. The van der Waals surface area contributed by atoms with E-state index in [-0.39, 0.29) is 5.79 Å². The molecule has 1 atom stereocenters. The monoisotopic (exact) mass is 265 g/mol. The number of ether oxygens (including phenoxy) is 2. The van der Waals surface area contributed by atoms with Crippen LogP contribution in [0.2, 0.25) is 0 Å². The van der Waals surface area contributed by atoms with E-state index >= 15 is 0 Å². The molecule has 0 aliphatic carbocycles. The van der Waals surface area contributed by atoms with Crippen molar-refractivity contribution in [2.24, 2.45) is 5.92 Å². The van der Waals surface area contributed by atoms with Gasteiger partial charge in [0.2, 0.25) is 0 Å². The van der Waals surface area contributed by atoms with Crippen LogP contribution in [-0.2, 0) is 16.0 Å². The topological polar surface area (TPSA) is 39.5 Å². The number of piperidine rings is 1. The van der Waals surface area contributed by atoms with Crippen molar-refractivity contribution in [1.29, 1.82) is 0 Å². The van der Waals surface area contributed by atoms with Crippen molar-refractivity contribution < 1.29 is 9.47 Å². The molecule has 0 aromatic carbocycles. The molecular weight excluding hydrogens is 242 g/mol. The SMILES string of the molecule is CC1(C2CCCN(CCn3ccnc3)C2)OCCO1. The molecule has 1 unspecified atom stereocenters. The van der Waals surface area contributed by atoms with Gasteiger partial charge in [-0.3, -0.25) is 0 Å². The molecule has 5 heteroatoms. The van der Waals surface area contributed by atoms with E-state index in [0.29, 0.717) is 5.92 Å². The van der Waals surface area contributed by atoms with E-state index < -0.39 is 0 Å². The highest BCUT2D eigenvalue weighted by molar-refractivity contribution is 4.85. The van der Waals surface area contributed by atoms with E-state index in [9.17, 15) is 0 Å². The largest absolute Gasteiger partial charge is 0.347 e. The molecule has 0 bridgehead atoms. The molecule has 2 fully saturated rings. The number of hydrogen-bond donors (Lipinski definition) is 0. The first-order valence-electron chi connectivity index (χ1n) is 7.22. The second kappa shape index (κ2) is 5.61. The van der Waals surface area contributed by atoms with Gasteiger partial charge in [0.1, 0.15) is 0 Å². The van der Waals surface area contributed by atoms with Gasteiger partial charge in [-0.15, -0.1) is 0 Å². The fraction of sp³-hybridized carbons (Fsp3) is 0.786. The minimum absolute atomic E-state index is 0.353. The third-order valence-electron chi connectivity index (χ3n) is 4.34. The molecule has 5 nitrogen and oxygen atoms in total. The van der Waals surface area contributed by atoms with E-state index in [1.54, 1.807) is 0 Å². The van der Waals surface area contributed by atoms with E-state index in [4.69, 9.17) is 9.47 Å². The van der Waals surface area contributed by atoms with Gasteiger partial charge in [-0.1, -0.05) is 0 Å². The van der Waals surface area contributed by atoms with Gasteiger partial charge in [0, 0.05) is 37.9 Å². The summed E-state index contributed by atoms with van der Waals surface area (Å²) >= 11 is 0. The van der Waals surface area contributed by atoms with E-state index in [1.165, 1.54) is 19.4 Å². The number of imidazole rings is 1. The van der Waals surface area contributed by atoms with Crippen LogP contribution in [0.15, 0.2) is 18.7 Å². The minimum atomic E-state index is -0.353. The Morgan fingerprint density at radius 2 is 2.16 bits per heavy atom. The maximum absolute atomic E-state index is 5.81. The van der Waals surface area contributed by atoms with Gasteiger partial charge >= 0.3 is 0 Å². The summed E-state index contributed by atoms with van der Waals surface area (Å²) in [7, 11) is 0. The van der Waals surface area contributed by atoms with Crippen LogP contribution in [0.4, 0.5) is 0 Å². The highest BCUT2D eigenvalue weighted by Crippen LogP contribution is 2.33. The van der Waals surface area contributed by atoms with Crippen molar-refractivity contribution in [3.05, 3.63) is 18.7 Å². The van der Waals surface area contributed by atoms with Gasteiger partial charge in [-0.2, -0.15) is 0 Å². The molecule has 3 heterocycles. The third-order valence-corrected chi connectivity index (χ3v) is 4.34. The number of aromatic nitrogens is 2. The molecule has 0 radical (unpaired) electrons. The Morgan fingerprint density at radius 1 is 1.32 bits per heavy atom. The van der Waals surface area contributed by atoms with Crippen LogP contribution in [0.1, 0.15) is 19.8 Å². The summed E-state index contributed by atoms with van der Waals surface area (Å²) in [6.07, 6.45) is 8.17. The zero-order chi connectivity index (χ0) is 13.1.